The maximum absolute atomic E-state index is 12.2. The Balaban J connectivity index is 1.46. The van der Waals surface area contributed by atoms with Crippen LogP contribution in [0.2, 0.25) is 0 Å². The van der Waals surface area contributed by atoms with Gasteiger partial charge in [0.2, 0.25) is 0 Å². The Morgan fingerprint density at radius 1 is 1.03 bits per heavy atom. The zero-order valence-corrected chi connectivity index (χ0v) is 24.1. The molecule has 0 unspecified atom stereocenters. The number of nitrogens with one attached hydrogen (secondary N) is 1. The lowest BCUT2D eigenvalue weighted by atomic mass is 9.41. The van der Waals surface area contributed by atoms with Gasteiger partial charge in [-0.25, -0.2) is 4.79 Å². The predicted molar refractivity (Wildman–Crippen MR) is 146 cm³/mol. The van der Waals surface area contributed by atoms with Crippen molar-refractivity contribution >= 4 is 6.09 Å². The molecule has 0 spiro atoms. The Morgan fingerprint density at radius 3 is 2.51 bits per heavy atom. The molecule has 0 aliphatic heterocycles. The van der Waals surface area contributed by atoms with Gasteiger partial charge in [-0.15, -0.1) is 0 Å². The normalized spacial score (nSPS) is 41.4. The van der Waals surface area contributed by atoms with Gasteiger partial charge in [0.1, 0.15) is 6.10 Å². The quantitative estimate of drug-likeness (QED) is 0.348. The second-order valence-electron chi connectivity index (χ2n) is 14.2. The van der Waals surface area contributed by atoms with Gasteiger partial charge < -0.3 is 10.1 Å². The van der Waals surface area contributed by atoms with Crippen molar-refractivity contribution in [2.45, 2.75) is 132 Å². The van der Waals surface area contributed by atoms with E-state index >= 15 is 0 Å². The van der Waals surface area contributed by atoms with Crippen LogP contribution in [0.25, 0.3) is 0 Å². The van der Waals surface area contributed by atoms with Crippen LogP contribution >= 0.6 is 0 Å². The zero-order chi connectivity index (χ0) is 25.4. The molecule has 1 N–H and O–H groups in total. The Bertz CT molecular complexity index is 788. The van der Waals surface area contributed by atoms with E-state index in [1.165, 1.54) is 57.8 Å². The molecule has 0 aromatic heterocycles. The highest BCUT2D eigenvalue weighted by Gasteiger charge is 2.64. The standard InChI is InChI=1S/C32H55NO2/c1-8-20-33-29(34)35-25-15-18-30(5)24(21-25)14-17-32(7)27-13-12-26(23(4)11-9-10-22(2)3)31(27,6)19-16-28(30)32/h14,22-23,25-28H,8-13,15-21H2,1-7H3,(H,33,34)/t23-,25+,26-,27-,28-,30+,31-,32+/m1/s1. The fraction of sp³-hybridized carbons (Fsp3) is 0.906. The number of amides is 1. The Hall–Kier alpha value is -0.990. The van der Waals surface area contributed by atoms with Gasteiger partial charge in [-0.2, -0.15) is 0 Å². The van der Waals surface area contributed by atoms with Crippen molar-refractivity contribution in [2.75, 3.05) is 6.54 Å². The van der Waals surface area contributed by atoms with Crippen LogP contribution in [0, 0.1) is 45.8 Å². The average molecular weight is 486 g/mol. The summed E-state index contributed by atoms with van der Waals surface area (Å²) in [4.78, 5) is 12.2. The molecule has 4 aliphatic rings. The van der Waals surface area contributed by atoms with E-state index in [4.69, 9.17) is 4.74 Å². The van der Waals surface area contributed by atoms with E-state index in [1.807, 2.05) is 0 Å². The molecule has 4 rings (SSSR count). The monoisotopic (exact) mass is 485 g/mol. The molecule has 3 heteroatoms. The first kappa shape index (κ1) is 27.1. The van der Waals surface area contributed by atoms with Crippen molar-refractivity contribution in [3.63, 3.8) is 0 Å². The van der Waals surface area contributed by atoms with Crippen molar-refractivity contribution in [1.29, 1.82) is 0 Å². The van der Waals surface area contributed by atoms with Crippen LogP contribution < -0.4 is 5.32 Å². The molecule has 3 nitrogen and oxygen atoms in total. The lowest BCUT2D eigenvalue weighted by Crippen LogP contribution is -2.56. The van der Waals surface area contributed by atoms with Crippen LogP contribution in [-0.4, -0.2) is 18.7 Å². The van der Waals surface area contributed by atoms with E-state index in [0.717, 1.165) is 48.9 Å². The Morgan fingerprint density at radius 2 is 1.80 bits per heavy atom. The molecule has 1 amide bonds. The first-order valence-corrected chi connectivity index (χ1v) is 15.2. The summed E-state index contributed by atoms with van der Waals surface area (Å²) < 4.78 is 5.83. The van der Waals surface area contributed by atoms with Crippen LogP contribution in [0.5, 0.6) is 0 Å². The summed E-state index contributed by atoms with van der Waals surface area (Å²) >= 11 is 0. The van der Waals surface area contributed by atoms with Crippen LogP contribution in [-0.2, 0) is 4.74 Å². The van der Waals surface area contributed by atoms with Gasteiger partial charge in [0.05, 0.1) is 0 Å². The number of alkyl carbamates (subject to hydrolysis) is 1. The van der Waals surface area contributed by atoms with E-state index in [0.29, 0.717) is 17.4 Å². The van der Waals surface area contributed by atoms with Crippen molar-refractivity contribution in [3.8, 4) is 0 Å². The van der Waals surface area contributed by atoms with Gasteiger partial charge in [0.15, 0.2) is 0 Å². The molecular formula is C32H55NO2. The fourth-order valence-electron chi connectivity index (χ4n) is 9.83. The number of rotatable bonds is 8. The molecule has 3 saturated carbocycles. The lowest BCUT2D eigenvalue weighted by molar-refractivity contribution is -0.114. The summed E-state index contributed by atoms with van der Waals surface area (Å²) in [6.45, 7) is 18.0. The number of carbonyl (C=O) groups is 1. The van der Waals surface area contributed by atoms with Gasteiger partial charge in [-0.1, -0.05) is 79.4 Å². The SMILES string of the molecule is CCCNC(=O)O[C@H]1CC[C@@]2(C)C(=CC[C@@]3(C)[C@@H]4CC[C@H]([C@H](C)CCCC(C)C)[C@@]4(C)CC[C@@H]32)C1. The summed E-state index contributed by atoms with van der Waals surface area (Å²) in [7, 11) is 0. The molecule has 0 aromatic carbocycles. The largest absolute Gasteiger partial charge is 0.446 e. The Labute approximate surface area is 216 Å². The lowest BCUT2D eigenvalue weighted by Gasteiger charge is -2.63. The summed E-state index contributed by atoms with van der Waals surface area (Å²) in [5.74, 6) is 4.23. The average Bonchev–Trinajstić information content (AvgIpc) is 3.16. The number of hydrogen-bond acceptors (Lipinski definition) is 2. The molecule has 3 fully saturated rings. The number of hydrogen-bond donors (Lipinski definition) is 1. The van der Waals surface area contributed by atoms with Crippen LogP contribution in [0.4, 0.5) is 4.79 Å². The molecule has 0 aromatic rings. The third kappa shape index (κ3) is 4.96. The summed E-state index contributed by atoms with van der Waals surface area (Å²) in [6.07, 6.45) is 17.6. The minimum absolute atomic E-state index is 0.0481. The highest BCUT2D eigenvalue weighted by atomic mass is 16.6. The maximum Gasteiger partial charge on any atom is 0.407 e. The molecule has 200 valence electrons. The van der Waals surface area contributed by atoms with Crippen LogP contribution in [0.15, 0.2) is 11.6 Å². The molecule has 35 heavy (non-hydrogen) atoms. The Kier molecular flexibility index (Phi) is 8.04. The molecule has 0 radical (unpaired) electrons. The van der Waals surface area contributed by atoms with Gasteiger partial charge >= 0.3 is 6.09 Å². The minimum Gasteiger partial charge on any atom is -0.446 e. The second-order valence-corrected chi connectivity index (χ2v) is 14.2. The second kappa shape index (κ2) is 10.4. The predicted octanol–water partition coefficient (Wildman–Crippen LogP) is 8.92. The highest BCUT2D eigenvalue weighted by Crippen LogP contribution is 2.72. The topological polar surface area (TPSA) is 38.3 Å². The van der Waals surface area contributed by atoms with Crippen molar-refractivity contribution in [1.82, 2.24) is 5.32 Å². The number of fused-ring (bicyclic) bond motifs is 5. The van der Waals surface area contributed by atoms with E-state index in [-0.39, 0.29) is 17.6 Å². The summed E-state index contributed by atoms with van der Waals surface area (Å²) in [6, 6.07) is 0. The van der Waals surface area contributed by atoms with E-state index in [1.54, 1.807) is 5.57 Å². The number of ether oxygens (including phenoxy) is 1. The molecule has 0 saturated heterocycles. The zero-order valence-electron chi connectivity index (χ0n) is 24.1. The third-order valence-electron chi connectivity index (χ3n) is 11.6. The van der Waals surface area contributed by atoms with Gasteiger partial charge in [-0.05, 0) is 97.2 Å². The minimum atomic E-state index is -0.227. The van der Waals surface area contributed by atoms with Crippen molar-refractivity contribution < 1.29 is 9.53 Å². The highest BCUT2D eigenvalue weighted by molar-refractivity contribution is 5.67. The molecule has 0 heterocycles. The summed E-state index contributed by atoms with van der Waals surface area (Å²) in [5, 5.41) is 2.89. The maximum atomic E-state index is 12.2. The van der Waals surface area contributed by atoms with Crippen LogP contribution in [0.3, 0.4) is 0 Å². The number of carbonyl (C=O) groups excluding carboxylic acids is 1. The van der Waals surface area contributed by atoms with E-state index in [2.05, 4.69) is 59.9 Å². The van der Waals surface area contributed by atoms with Crippen molar-refractivity contribution in [3.05, 3.63) is 11.6 Å². The third-order valence-corrected chi connectivity index (χ3v) is 11.6. The first-order valence-electron chi connectivity index (χ1n) is 15.2. The van der Waals surface area contributed by atoms with Gasteiger partial charge in [-0.3, -0.25) is 0 Å². The summed E-state index contributed by atoms with van der Waals surface area (Å²) in [5.41, 5.74) is 2.82. The van der Waals surface area contributed by atoms with Crippen LogP contribution in [0.1, 0.15) is 126 Å². The van der Waals surface area contributed by atoms with E-state index < -0.39 is 0 Å². The van der Waals surface area contributed by atoms with E-state index in [9.17, 15) is 4.79 Å². The fourth-order valence-corrected chi connectivity index (χ4v) is 9.83. The van der Waals surface area contributed by atoms with Crippen molar-refractivity contribution in [2.24, 2.45) is 45.8 Å². The van der Waals surface area contributed by atoms with Gasteiger partial charge in [0, 0.05) is 13.0 Å². The first-order chi connectivity index (χ1) is 16.5. The smallest absolute Gasteiger partial charge is 0.407 e. The van der Waals surface area contributed by atoms with Gasteiger partial charge in [0.25, 0.3) is 0 Å². The molecule has 4 aliphatic carbocycles. The molecule has 8 atom stereocenters. The molecular weight excluding hydrogens is 430 g/mol. The number of allylic oxidation sites excluding steroid dienone is 1. The molecule has 0 bridgehead atoms.